The molecule has 5 aliphatic rings. The van der Waals surface area contributed by atoms with Crippen LogP contribution in [0.15, 0.2) is 0 Å². The van der Waals surface area contributed by atoms with Crippen LogP contribution in [0.2, 0.25) is 0 Å². The van der Waals surface area contributed by atoms with E-state index < -0.39 is 0 Å². The normalized spacial score (nSPS) is 37.1. The summed E-state index contributed by atoms with van der Waals surface area (Å²) >= 11 is 0. The van der Waals surface area contributed by atoms with Crippen molar-refractivity contribution in [3.63, 3.8) is 0 Å². The first kappa shape index (κ1) is 17.3. The minimum absolute atomic E-state index is 0.184. The number of carbonyl (C=O) groups excluding carboxylic acids is 1. The molecular formula is C21H35N3O2. The molecule has 2 aliphatic heterocycles. The van der Waals surface area contributed by atoms with Crippen LogP contribution >= 0.6 is 0 Å². The Kier molecular flexibility index (Phi) is 4.64. The van der Waals surface area contributed by atoms with E-state index in [1.165, 1.54) is 57.9 Å². The molecule has 146 valence electrons. The maximum atomic E-state index is 12.9. The van der Waals surface area contributed by atoms with Crippen LogP contribution in [0.4, 0.5) is 4.79 Å². The van der Waals surface area contributed by atoms with Gasteiger partial charge in [0, 0.05) is 56.7 Å². The smallest absolute Gasteiger partial charge is 0.317 e. The molecule has 2 saturated heterocycles. The number of hydrogen-bond acceptors (Lipinski definition) is 3. The zero-order chi connectivity index (χ0) is 17.6. The second-order valence-electron chi connectivity index (χ2n) is 9.55. The van der Waals surface area contributed by atoms with Gasteiger partial charge in [-0.2, -0.15) is 0 Å². The molecule has 2 amide bonds. The van der Waals surface area contributed by atoms with E-state index in [0.29, 0.717) is 23.5 Å². The predicted molar refractivity (Wildman–Crippen MR) is 101 cm³/mol. The van der Waals surface area contributed by atoms with Gasteiger partial charge in [-0.05, 0) is 38.0 Å². The van der Waals surface area contributed by atoms with Gasteiger partial charge >= 0.3 is 6.03 Å². The van der Waals surface area contributed by atoms with Crippen molar-refractivity contribution >= 4 is 6.03 Å². The number of piperazine rings is 1. The van der Waals surface area contributed by atoms with Gasteiger partial charge in [0.25, 0.3) is 0 Å². The average molecular weight is 362 g/mol. The molecule has 3 unspecified atom stereocenters. The quantitative estimate of drug-likeness (QED) is 0.841. The summed E-state index contributed by atoms with van der Waals surface area (Å²) in [5, 5.41) is 3.43. The Morgan fingerprint density at radius 3 is 2.46 bits per heavy atom. The van der Waals surface area contributed by atoms with Gasteiger partial charge in [-0.3, -0.25) is 4.90 Å². The first-order valence-electron chi connectivity index (χ1n) is 11.2. The molecule has 26 heavy (non-hydrogen) atoms. The van der Waals surface area contributed by atoms with Gasteiger partial charge in [-0.25, -0.2) is 4.79 Å². The van der Waals surface area contributed by atoms with Crippen molar-refractivity contribution in [3.8, 4) is 0 Å². The van der Waals surface area contributed by atoms with E-state index in [-0.39, 0.29) is 6.03 Å². The van der Waals surface area contributed by atoms with Gasteiger partial charge < -0.3 is 15.0 Å². The monoisotopic (exact) mass is 361 g/mol. The first-order valence-corrected chi connectivity index (χ1v) is 11.2. The number of rotatable bonds is 3. The molecule has 5 fully saturated rings. The van der Waals surface area contributed by atoms with Crippen molar-refractivity contribution in [1.29, 1.82) is 0 Å². The average Bonchev–Trinajstić information content (AvgIpc) is 3.05. The van der Waals surface area contributed by atoms with E-state index >= 15 is 0 Å². The van der Waals surface area contributed by atoms with Gasteiger partial charge in [0.05, 0.1) is 6.10 Å². The SMILES string of the molecule is O=C(NC1C2CCOC2C12CCC2)N1CCN(CC2CCCCC2)CC1. The highest BCUT2D eigenvalue weighted by Gasteiger charge is 2.67. The van der Waals surface area contributed by atoms with E-state index in [1.807, 2.05) is 0 Å². The third kappa shape index (κ3) is 2.86. The molecule has 1 spiro atoms. The summed E-state index contributed by atoms with van der Waals surface area (Å²) in [4.78, 5) is 17.5. The molecule has 5 rings (SSSR count). The molecule has 0 aromatic rings. The first-order chi connectivity index (χ1) is 12.8. The number of nitrogens with one attached hydrogen (secondary N) is 1. The van der Waals surface area contributed by atoms with Crippen molar-refractivity contribution < 1.29 is 9.53 Å². The molecule has 3 aliphatic carbocycles. The van der Waals surface area contributed by atoms with Crippen molar-refractivity contribution in [2.24, 2.45) is 17.3 Å². The minimum atomic E-state index is 0.184. The van der Waals surface area contributed by atoms with E-state index in [2.05, 4.69) is 15.1 Å². The topological polar surface area (TPSA) is 44.8 Å². The summed E-state index contributed by atoms with van der Waals surface area (Å²) in [7, 11) is 0. The molecule has 2 heterocycles. The molecule has 5 nitrogen and oxygen atoms in total. The predicted octanol–water partition coefficient (Wildman–Crippen LogP) is 2.85. The summed E-state index contributed by atoms with van der Waals surface area (Å²) in [6.45, 7) is 6.03. The molecule has 0 aromatic carbocycles. The van der Waals surface area contributed by atoms with Gasteiger partial charge in [0.2, 0.25) is 0 Å². The Balaban J connectivity index is 1.11. The lowest BCUT2D eigenvalue weighted by atomic mass is 9.46. The van der Waals surface area contributed by atoms with Crippen LogP contribution in [0, 0.1) is 17.3 Å². The fourth-order valence-corrected chi connectivity index (χ4v) is 6.55. The zero-order valence-electron chi connectivity index (χ0n) is 16.1. The highest BCUT2D eigenvalue weighted by molar-refractivity contribution is 5.75. The van der Waals surface area contributed by atoms with E-state index in [1.54, 1.807) is 0 Å². The van der Waals surface area contributed by atoms with E-state index in [4.69, 9.17) is 4.74 Å². The highest BCUT2D eigenvalue weighted by atomic mass is 16.5. The molecule has 5 heteroatoms. The minimum Gasteiger partial charge on any atom is -0.377 e. The fraction of sp³-hybridized carbons (Fsp3) is 0.952. The van der Waals surface area contributed by atoms with Crippen LogP contribution in [0.5, 0.6) is 0 Å². The third-order valence-electron chi connectivity index (χ3n) is 8.22. The second-order valence-corrected chi connectivity index (χ2v) is 9.55. The maximum absolute atomic E-state index is 12.9. The van der Waals surface area contributed by atoms with Crippen LogP contribution in [0.3, 0.4) is 0 Å². The van der Waals surface area contributed by atoms with Crippen molar-refractivity contribution in [1.82, 2.24) is 15.1 Å². The molecule has 3 atom stereocenters. The van der Waals surface area contributed by atoms with Crippen LogP contribution in [-0.2, 0) is 4.74 Å². The third-order valence-corrected chi connectivity index (χ3v) is 8.22. The van der Waals surface area contributed by atoms with Crippen LogP contribution in [0.25, 0.3) is 0 Å². The highest BCUT2D eigenvalue weighted by Crippen LogP contribution is 2.62. The number of carbonyl (C=O) groups is 1. The molecular weight excluding hydrogens is 326 g/mol. The summed E-state index contributed by atoms with van der Waals surface area (Å²) in [6, 6.07) is 0.556. The van der Waals surface area contributed by atoms with Gasteiger partial charge in [0.15, 0.2) is 0 Å². The van der Waals surface area contributed by atoms with Crippen molar-refractivity contribution in [3.05, 3.63) is 0 Å². The van der Waals surface area contributed by atoms with E-state index in [9.17, 15) is 4.79 Å². The summed E-state index contributed by atoms with van der Waals surface area (Å²) in [5.74, 6) is 1.48. The number of ether oxygens (including phenoxy) is 1. The lowest BCUT2D eigenvalue weighted by Crippen LogP contribution is -2.72. The fourth-order valence-electron chi connectivity index (χ4n) is 6.55. The standard InChI is InChI=1S/C21H35N3O2/c25-20(22-18-17-7-14-26-19(17)21(18)8-4-9-21)24-12-10-23(11-13-24)15-16-5-2-1-3-6-16/h16-19H,1-15H2,(H,22,25). The van der Waals surface area contributed by atoms with Gasteiger partial charge in [-0.1, -0.05) is 25.7 Å². The Hall–Kier alpha value is -0.810. The molecule has 0 bridgehead atoms. The van der Waals surface area contributed by atoms with Gasteiger partial charge in [-0.15, -0.1) is 0 Å². The van der Waals surface area contributed by atoms with Crippen LogP contribution in [0.1, 0.15) is 57.8 Å². The Morgan fingerprint density at radius 1 is 1.00 bits per heavy atom. The second kappa shape index (κ2) is 6.97. The van der Waals surface area contributed by atoms with E-state index in [0.717, 1.165) is 45.1 Å². The summed E-state index contributed by atoms with van der Waals surface area (Å²) in [5.41, 5.74) is 0.291. The largest absolute Gasteiger partial charge is 0.377 e. The lowest BCUT2D eigenvalue weighted by molar-refractivity contribution is -0.172. The summed E-state index contributed by atoms with van der Waals surface area (Å²) in [6.07, 6.45) is 12.5. The van der Waals surface area contributed by atoms with Crippen molar-refractivity contribution in [2.75, 3.05) is 39.3 Å². The summed E-state index contributed by atoms with van der Waals surface area (Å²) < 4.78 is 5.98. The Labute approximate surface area is 157 Å². The number of amides is 2. The maximum Gasteiger partial charge on any atom is 0.317 e. The Bertz CT molecular complexity index is 521. The Morgan fingerprint density at radius 2 is 1.77 bits per heavy atom. The van der Waals surface area contributed by atoms with Crippen LogP contribution < -0.4 is 5.32 Å². The van der Waals surface area contributed by atoms with Crippen molar-refractivity contribution in [2.45, 2.75) is 69.9 Å². The number of fused-ring (bicyclic) bond motifs is 2. The molecule has 0 radical (unpaired) electrons. The van der Waals surface area contributed by atoms with Crippen LogP contribution in [-0.4, -0.2) is 67.3 Å². The molecule has 1 N–H and O–H groups in total. The zero-order valence-corrected chi connectivity index (χ0v) is 16.1. The number of urea groups is 1. The molecule has 0 aromatic heterocycles. The lowest BCUT2D eigenvalue weighted by Gasteiger charge is -2.63. The number of nitrogens with zero attached hydrogens (tertiary/aromatic N) is 2. The van der Waals surface area contributed by atoms with Gasteiger partial charge in [0.1, 0.15) is 0 Å². The number of hydrogen-bond donors (Lipinski definition) is 1. The molecule has 3 saturated carbocycles.